The van der Waals surface area contributed by atoms with Gasteiger partial charge in [-0.15, -0.1) is 0 Å². The van der Waals surface area contributed by atoms with Crippen LogP contribution in [0.25, 0.3) is 0 Å². The molecule has 6 nitrogen and oxygen atoms in total. The molecule has 0 saturated heterocycles. The third kappa shape index (κ3) is 4.32. The molecule has 0 fully saturated rings. The molecule has 0 aliphatic carbocycles. The van der Waals surface area contributed by atoms with Gasteiger partial charge in [-0.05, 0) is 54.1 Å². The Labute approximate surface area is 209 Å². The van der Waals surface area contributed by atoms with Gasteiger partial charge in [0.25, 0.3) is 5.91 Å². The van der Waals surface area contributed by atoms with Crippen LogP contribution in [-0.4, -0.2) is 23.9 Å². The second kappa shape index (κ2) is 9.80. The Morgan fingerprint density at radius 2 is 1.44 bits per heavy atom. The number of hydrogen-bond donors (Lipinski definition) is 2. The number of hydrogen-bond acceptors (Lipinski definition) is 5. The number of aromatic hydroxyl groups is 1. The summed E-state index contributed by atoms with van der Waals surface area (Å²) < 4.78 is 5.25. The minimum absolute atomic E-state index is 0.0896. The fourth-order valence-corrected chi connectivity index (χ4v) is 4.37. The minimum Gasteiger partial charge on any atom is -0.508 e. The average Bonchev–Trinajstić information content (AvgIpc) is 3.21. The van der Waals surface area contributed by atoms with E-state index < -0.39 is 6.04 Å². The zero-order valence-corrected chi connectivity index (χ0v) is 19.6. The van der Waals surface area contributed by atoms with Gasteiger partial charge in [0.1, 0.15) is 17.2 Å². The Morgan fingerprint density at radius 3 is 2.06 bits per heavy atom. The largest absolute Gasteiger partial charge is 0.508 e. The van der Waals surface area contributed by atoms with Crippen molar-refractivity contribution in [3.8, 4) is 11.5 Å². The maximum atomic E-state index is 14.0. The zero-order valence-electron chi connectivity index (χ0n) is 19.6. The number of Topliss-reactive ketones (excluding diaryl/α,β-unsaturated/α-hetero) is 1. The van der Waals surface area contributed by atoms with Crippen LogP contribution in [0.4, 0.5) is 11.4 Å². The van der Waals surface area contributed by atoms with E-state index in [-0.39, 0.29) is 23.1 Å². The Kier molecular flexibility index (Phi) is 6.24. The first kappa shape index (κ1) is 22.9. The summed E-state index contributed by atoms with van der Waals surface area (Å²) in [7, 11) is 1.59. The number of benzene rings is 4. The van der Waals surface area contributed by atoms with E-state index in [0.29, 0.717) is 28.3 Å². The van der Waals surface area contributed by atoms with Crippen molar-refractivity contribution in [3.63, 3.8) is 0 Å². The molecule has 1 amide bonds. The van der Waals surface area contributed by atoms with Crippen LogP contribution in [0.15, 0.2) is 120 Å². The first-order valence-electron chi connectivity index (χ1n) is 11.5. The van der Waals surface area contributed by atoms with Crippen molar-refractivity contribution in [1.29, 1.82) is 0 Å². The lowest BCUT2D eigenvalue weighted by Crippen LogP contribution is -2.31. The second-order valence-corrected chi connectivity index (χ2v) is 8.34. The standard InChI is InChI=1S/C30H24N2O4/c1-36-25-18-12-22(13-19-25)31-27-26(29(34)21-10-6-3-7-11-21)28(20-8-4-2-5-9-20)32(30(27)35)23-14-16-24(33)17-15-23/h2-19,28,31,33H,1H3/t28-/m0/s1. The monoisotopic (exact) mass is 476 g/mol. The smallest absolute Gasteiger partial charge is 0.276 e. The lowest BCUT2D eigenvalue weighted by atomic mass is 9.92. The molecule has 1 aliphatic rings. The molecular weight excluding hydrogens is 452 g/mol. The van der Waals surface area contributed by atoms with Crippen molar-refractivity contribution in [3.05, 3.63) is 132 Å². The number of nitrogens with one attached hydrogen (secondary N) is 1. The zero-order chi connectivity index (χ0) is 25.1. The van der Waals surface area contributed by atoms with Crippen LogP contribution in [-0.2, 0) is 4.79 Å². The first-order valence-corrected chi connectivity index (χ1v) is 11.5. The van der Waals surface area contributed by atoms with Gasteiger partial charge in [-0.1, -0.05) is 60.7 Å². The maximum Gasteiger partial charge on any atom is 0.276 e. The minimum atomic E-state index is -0.670. The van der Waals surface area contributed by atoms with Crippen LogP contribution in [0, 0.1) is 0 Å². The lowest BCUT2D eigenvalue weighted by molar-refractivity contribution is -0.114. The fraction of sp³-hybridized carbons (Fsp3) is 0.0667. The molecule has 1 heterocycles. The predicted octanol–water partition coefficient (Wildman–Crippen LogP) is 5.74. The average molecular weight is 477 g/mol. The van der Waals surface area contributed by atoms with Crippen LogP contribution in [0.1, 0.15) is 22.0 Å². The quantitative estimate of drug-likeness (QED) is 0.333. The molecule has 36 heavy (non-hydrogen) atoms. The van der Waals surface area contributed by atoms with E-state index in [0.717, 1.165) is 5.56 Å². The molecule has 178 valence electrons. The van der Waals surface area contributed by atoms with Gasteiger partial charge in [-0.25, -0.2) is 0 Å². The summed E-state index contributed by atoms with van der Waals surface area (Å²) in [5.74, 6) is 0.187. The molecule has 0 unspecified atom stereocenters. The maximum absolute atomic E-state index is 14.0. The van der Waals surface area contributed by atoms with Gasteiger partial charge in [0, 0.05) is 16.9 Å². The number of anilines is 2. The van der Waals surface area contributed by atoms with E-state index in [1.807, 2.05) is 36.4 Å². The second-order valence-electron chi connectivity index (χ2n) is 8.34. The van der Waals surface area contributed by atoms with Gasteiger partial charge in [0.15, 0.2) is 5.78 Å². The molecule has 0 saturated carbocycles. The topological polar surface area (TPSA) is 78.9 Å². The van der Waals surface area contributed by atoms with Gasteiger partial charge in [-0.3, -0.25) is 14.5 Å². The van der Waals surface area contributed by atoms with Crippen molar-refractivity contribution >= 4 is 23.1 Å². The Balaban J connectivity index is 1.70. The number of nitrogens with zero attached hydrogens (tertiary/aromatic N) is 1. The molecule has 0 aromatic heterocycles. The molecular formula is C30H24N2O4. The van der Waals surface area contributed by atoms with Gasteiger partial charge in [0.05, 0.1) is 18.7 Å². The van der Waals surface area contributed by atoms with Crippen molar-refractivity contribution in [2.75, 3.05) is 17.3 Å². The fourth-order valence-electron chi connectivity index (χ4n) is 4.37. The number of methoxy groups -OCH3 is 1. The summed E-state index contributed by atoms with van der Waals surface area (Å²) >= 11 is 0. The molecule has 4 aromatic rings. The van der Waals surface area contributed by atoms with Crippen molar-refractivity contribution < 1.29 is 19.4 Å². The Bertz CT molecular complexity index is 1410. The van der Waals surface area contributed by atoms with E-state index in [4.69, 9.17) is 4.74 Å². The summed E-state index contributed by atoms with van der Waals surface area (Å²) in [6.07, 6.45) is 0. The van der Waals surface area contributed by atoms with Gasteiger partial charge in [-0.2, -0.15) is 0 Å². The van der Waals surface area contributed by atoms with E-state index in [2.05, 4.69) is 5.32 Å². The van der Waals surface area contributed by atoms with E-state index >= 15 is 0 Å². The highest BCUT2D eigenvalue weighted by Gasteiger charge is 2.44. The third-order valence-electron chi connectivity index (χ3n) is 6.12. The summed E-state index contributed by atoms with van der Waals surface area (Å²) in [5.41, 5.74) is 3.05. The third-order valence-corrected chi connectivity index (χ3v) is 6.12. The highest BCUT2D eigenvalue weighted by atomic mass is 16.5. The highest BCUT2D eigenvalue weighted by Crippen LogP contribution is 2.43. The molecule has 4 aromatic carbocycles. The summed E-state index contributed by atoms with van der Waals surface area (Å²) in [4.78, 5) is 29.6. The van der Waals surface area contributed by atoms with E-state index in [1.165, 1.54) is 12.1 Å². The number of carbonyl (C=O) groups excluding carboxylic acids is 2. The molecule has 1 atom stereocenters. The number of phenolic OH excluding ortho intramolecular Hbond substituents is 1. The number of ketones is 1. The molecule has 0 radical (unpaired) electrons. The van der Waals surface area contributed by atoms with Crippen LogP contribution < -0.4 is 15.0 Å². The molecule has 0 bridgehead atoms. The van der Waals surface area contributed by atoms with Crippen LogP contribution >= 0.6 is 0 Å². The lowest BCUT2D eigenvalue weighted by Gasteiger charge is -2.27. The van der Waals surface area contributed by atoms with E-state index in [9.17, 15) is 14.7 Å². The molecule has 6 heteroatoms. The Morgan fingerprint density at radius 1 is 0.833 bits per heavy atom. The number of phenols is 1. The summed E-state index contributed by atoms with van der Waals surface area (Å²) in [6, 6.07) is 31.3. The van der Waals surface area contributed by atoms with E-state index in [1.54, 1.807) is 72.7 Å². The molecule has 1 aliphatic heterocycles. The Hall–Kier alpha value is -4.84. The van der Waals surface area contributed by atoms with Crippen LogP contribution in [0.5, 0.6) is 11.5 Å². The number of carbonyl (C=O) groups is 2. The highest BCUT2D eigenvalue weighted by molar-refractivity contribution is 6.23. The first-order chi connectivity index (χ1) is 17.6. The normalized spacial score (nSPS) is 15.2. The van der Waals surface area contributed by atoms with Crippen molar-refractivity contribution in [1.82, 2.24) is 0 Å². The SMILES string of the molecule is COc1ccc(NC2=C(C(=O)c3ccccc3)[C@H](c3ccccc3)N(c3ccc(O)cc3)C2=O)cc1. The predicted molar refractivity (Wildman–Crippen MR) is 139 cm³/mol. The van der Waals surface area contributed by atoms with Gasteiger partial charge >= 0.3 is 0 Å². The number of ether oxygens (including phenoxy) is 1. The van der Waals surface area contributed by atoms with Crippen LogP contribution in [0.3, 0.4) is 0 Å². The molecule has 5 rings (SSSR count). The summed E-state index contributed by atoms with van der Waals surface area (Å²) in [6.45, 7) is 0. The van der Waals surface area contributed by atoms with Gasteiger partial charge in [0.2, 0.25) is 0 Å². The van der Waals surface area contributed by atoms with Crippen molar-refractivity contribution in [2.24, 2.45) is 0 Å². The summed E-state index contributed by atoms with van der Waals surface area (Å²) in [5, 5.41) is 13.1. The molecule has 2 N–H and O–H groups in total. The van der Waals surface area contributed by atoms with Gasteiger partial charge < -0.3 is 15.2 Å². The number of rotatable bonds is 7. The van der Waals surface area contributed by atoms with Crippen LogP contribution in [0.2, 0.25) is 0 Å². The number of amides is 1. The van der Waals surface area contributed by atoms with Crippen molar-refractivity contribution in [2.45, 2.75) is 6.04 Å². The molecule has 0 spiro atoms.